The van der Waals surface area contributed by atoms with Crippen LogP contribution in [0.5, 0.6) is 5.88 Å². The van der Waals surface area contributed by atoms with E-state index in [0.717, 1.165) is 0 Å². The molecule has 13 heteroatoms. The third kappa shape index (κ3) is 5.66. The molecule has 1 N–H and O–H groups in total. The summed E-state index contributed by atoms with van der Waals surface area (Å²) in [6, 6.07) is 4.62. The summed E-state index contributed by atoms with van der Waals surface area (Å²) in [4.78, 5) is 16.6. The van der Waals surface area contributed by atoms with Crippen LogP contribution in [0.3, 0.4) is 0 Å². The van der Waals surface area contributed by atoms with Gasteiger partial charge in [0.05, 0.1) is 5.69 Å². The molecule has 0 aliphatic heterocycles. The van der Waals surface area contributed by atoms with Crippen molar-refractivity contribution in [3.8, 4) is 11.7 Å². The van der Waals surface area contributed by atoms with E-state index in [4.69, 9.17) is 16.3 Å². The molecular formula is C18H23ClGeN6O4S. The number of nitrogens with zero attached hydrogens (tertiary/aromatic N) is 5. The van der Waals surface area contributed by atoms with Crippen LogP contribution in [0.4, 0.5) is 0 Å². The van der Waals surface area contributed by atoms with Gasteiger partial charge in [-0.3, -0.25) is 4.68 Å². The average Bonchev–Trinajstić information content (AvgIpc) is 3.25. The molecule has 0 atom stereocenters. The number of rotatable bonds is 7. The topological polar surface area (TPSA) is 121 Å². The van der Waals surface area contributed by atoms with Crippen molar-refractivity contribution < 1.29 is 17.9 Å². The van der Waals surface area contributed by atoms with E-state index in [1.165, 1.54) is 34.6 Å². The summed E-state index contributed by atoms with van der Waals surface area (Å²) in [6.45, 7) is 1.54. The Bertz CT molecular complexity index is 1230. The molecule has 3 heterocycles. The summed E-state index contributed by atoms with van der Waals surface area (Å²) in [5, 5.41) is 8.13. The van der Waals surface area contributed by atoms with Crippen molar-refractivity contribution in [3.05, 3.63) is 47.0 Å². The van der Waals surface area contributed by atoms with E-state index < -0.39 is 29.2 Å². The SMILES string of the molecule is Cc1nn(C)cc1S(=O)(=O)NC(=O)c1ccc(-n2ccc(O[CH2][Ge]([CH3])([CH3])[CH3])n2)nc1Cl. The number of pyridine rings is 1. The second kappa shape index (κ2) is 8.63. The number of ether oxygens (including phenoxy) is 1. The zero-order valence-electron chi connectivity index (χ0n) is 17.7. The summed E-state index contributed by atoms with van der Waals surface area (Å²) in [5.41, 5.74) is 0.865. The Morgan fingerprint density at radius 1 is 1.23 bits per heavy atom. The van der Waals surface area contributed by atoms with E-state index in [0.29, 0.717) is 17.1 Å². The Kier molecular flexibility index (Phi) is 6.49. The molecule has 166 valence electrons. The van der Waals surface area contributed by atoms with Gasteiger partial charge in [-0.1, -0.05) is 0 Å². The summed E-state index contributed by atoms with van der Waals surface area (Å²) < 4.78 is 35.6. The van der Waals surface area contributed by atoms with Gasteiger partial charge in [-0.05, 0) is 6.92 Å². The van der Waals surface area contributed by atoms with E-state index >= 15 is 0 Å². The van der Waals surface area contributed by atoms with E-state index in [-0.39, 0.29) is 21.3 Å². The molecule has 0 saturated carbocycles. The molecule has 0 saturated heterocycles. The Morgan fingerprint density at radius 3 is 2.52 bits per heavy atom. The van der Waals surface area contributed by atoms with Crippen molar-refractivity contribution in [3.63, 3.8) is 0 Å². The molecule has 0 radical (unpaired) electrons. The fourth-order valence-corrected chi connectivity index (χ4v) is 5.24. The van der Waals surface area contributed by atoms with Gasteiger partial charge in [0.15, 0.2) is 0 Å². The van der Waals surface area contributed by atoms with Crippen molar-refractivity contribution >= 4 is 40.8 Å². The zero-order valence-corrected chi connectivity index (χ0v) is 21.4. The Hall–Kier alpha value is -2.38. The van der Waals surface area contributed by atoms with Crippen LogP contribution >= 0.6 is 11.6 Å². The van der Waals surface area contributed by atoms with Crippen LogP contribution in [0.25, 0.3) is 5.82 Å². The van der Waals surface area contributed by atoms with Gasteiger partial charge in [0.2, 0.25) is 0 Å². The normalized spacial score (nSPS) is 12.1. The first-order chi connectivity index (χ1) is 14.4. The van der Waals surface area contributed by atoms with Crippen LogP contribution in [0.2, 0.25) is 22.4 Å². The Labute approximate surface area is 188 Å². The molecule has 0 aromatic carbocycles. The minimum atomic E-state index is -4.11. The van der Waals surface area contributed by atoms with Crippen LogP contribution < -0.4 is 9.46 Å². The van der Waals surface area contributed by atoms with Crippen molar-refractivity contribution in [2.24, 2.45) is 7.05 Å². The third-order valence-corrected chi connectivity index (χ3v) is 7.86. The van der Waals surface area contributed by atoms with Gasteiger partial charge in [0, 0.05) is 13.2 Å². The predicted octanol–water partition coefficient (Wildman–Crippen LogP) is 2.34. The Balaban J connectivity index is 1.77. The quantitative estimate of drug-likeness (QED) is 0.370. The minimum absolute atomic E-state index is 0.0833. The van der Waals surface area contributed by atoms with E-state index in [2.05, 4.69) is 32.5 Å². The molecule has 31 heavy (non-hydrogen) atoms. The number of carbonyl (C=O) groups excluding carboxylic acids is 1. The van der Waals surface area contributed by atoms with Gasteiger partial charge >= 0.3 is 139 Å². The van der Waals surface area contributed by atoms with Gasteiger partial charge in [0.1, 0.15) is 4.90 Å². The molecule has 0 bridgehead atoms. The average molecular weight is 528 g/mol. The molecule has 3 aromatic rings. The van der Waals surface area contributed by atoms with Crippen molar-refractivity contribution in [1.29, 1.82) is 0 Å². The second-order valence-electron chi connectivity index (χ2n) is 8.14. The standard InChI is InChI=1S/C18H23ClGeN6O4S/c1-12-14(10-25(5)22-12)31(28,29)24-18(27)13-6-7-15(21-17(13)19)26-9-8-16(23-26)30-11-20(2,3)4/h6-10H,11H2,1-5H3,(H,24,27). The first-order valence-corrected chi connectivity index (χ1v) is 18.9. The molecule has 10 nitrogen and oxygen atoms in total. The number of hydrogen-bond acceptors (Lipinski definition) is 7. The van der Waals surface area contributed by atoms with Gasteiger partial charge in [-0.25, -0.2) is 8.42 Å². The molecule has 1 amide bonds. The number of nitrogens with one attached hydrogen (secondary N) is 1. The number of halogens is 1. The third-order valence-electron chi connectivity index (χ3n) is 4.02. The molecule has 3 rings (SSSR count). The van der Waals surface area contributed by atoms with Gasteiger partial charge in [-0.2, -0.15) is 5.10 Å². The molecule has 0 aliphatic rings. The molecule has 0 spiro atoms. The maximum absolute atomic E-state index is 12.5. The predicted molar refractivity (Wildman–Crippen MR) is 118 cm³/mol. The first kappa shape index (κ1) is 23.3. The summed E-state index contributed by atoms with van der Waals surface area (Å²) in [5.74, 6) is 6.64. The van der Waals surface area contributed by atoms with Crippen LogP contribution in [0.15, 0.2) is 35.5 Å². The summed E-state index contributed by atoms with van der Waals surface area (Å²) >= 11 is 4.29. The van der Waals surface area contributed by atoms with Gasteiger partial charge in [0.25, 0.3) is 0 Å². The van der Waals surface area contributed by atoms with E-state index in [9.17, 15) is 13.2 Å². The number of aromatic nitrogens is 5. The fourth-order valence-electron chi connectivity index (χ4n) is 2.60. The van der Waals surface area contributed by atoms with Crippen LogP contribution in [0, 0.1) is 6.92 Å². The van der Waals surface area contributed by atoms with Crippen LogP contribution in [0.1, 0.15) is 16.1 Å². The molecule has 0 unspecified atom stereocenters. The monoisotopic (exact) mass is 528 g/mol. The fraction of sp³-hybridized carbons (Fsp3) is 0.333. The van der Waals surface area contributed by atoms with Crippen LogP contribution in [-0.2, 0) is 17.1 Å². The molecular weight excluding hydrogens is 504 g/mol. The Morgan fingerprint density at radius 2 is 1.94 bits per heavy atom. The van der Waals surface area contributed by atoms with Crippen molar-refractivity contribution in [2.75, 3.05) is 5.44 Å². The number of amides is 1. The van der Waals surface area contributed by atoms with Gasteiger partial charge < -0.3 is 0 Å². The summed E-state index contributed by atoms with van der Waals surface area (Å²) in [6.07, 6.45) is 2.98. The molecule has 0 fully saturated rings. The second-order valence-corrected chi connectivity index (χ2v) is 21.5. The number of sulfonamides is 1. The maximum atomic E-state index is 12.5. The first-order valence-electron chi connectivity index (χ1n) is 9.28. The number of aryl methyl sites for hydroxylation is 2. The number of hydrogen-bond donors (Lipinski definition) is 1. The van der Waals surface area contributed by atoms with Crippen molar-refractivity contribution in [1.82, 2.24) is 29.3 Å². The summed E-state index contributed by atoms with van der Waals surface area (Å²) in [7, 11) is -2.52. The van der Waals surface area contributed by atoms with Crippen LogP contribution in [-0.4, -0.2) is 57.6 Å². The zero-order chi connectivity index (χ0) is 23.0. The van der Waals surface area contributed by atoms with E-state index in [1.807, 2.05) is 4.72 Å². The molecule has 0 aliphatic carbocycles. The van der Waals surface area contributed by atoms with Crippen molar-refractivity contribution in [2.45, 2.75) is 29.1 Å². The van der Waals surface area contributed by atoms with E-state index in [1.54, 1.807) is 19.3 Å². The number of carbonyl (C=O) groups is 1. The molecule has 3 aromatic heterocycles. The van der Waals surface area contributed by atoms with Gasteiger partial charge in [-0.15, -0.1) is 0 Å².